The molecular weight excluding hydrogens is 424 g/mol. The minimum atomic E-state index is -0.460. The van der Waals surface area contributed by atoms with Gasteiger partial charge in [0, 0.05) is 69.6 Å². The van der Waals surface area contributed by atoms with Gasteiger partial charge in [-0.2, -0.15) is 5.26 Å². The number of benzene rings is 2. The molecular formula is C23H24N6O4. The lowest BCUT2D eigenvalue weighted by Gasteiger charge is -2.36. The molecule has 2 saturated heterocycles. The molecule has 2 aliphatic rings. The van der Waals surface area contributed by atoms with Crippen molar-refractivity contribution in [2.24, 2.45) is 0 Å². The quantitative estimate of drug-likeness (QED) is 0.555. The molecule has 0 aliphatic carbocycles. The van der Waals surface area contributed by atoms with E-state index in [2.05, 4.69) is 5.32 Å². The van der Waals surface area contributed by atoms with E-state index >= 15 is 0 Å². The standard InChI is InChI=1S/C23H24N6O4/c24-16-17-1-3-18(4-2-17)22(30)28-13-11-26(12-14-28)20-6-5-19(15-21(20)29(32)33)23(31)27-9-7-25-8-10-27/h1-6,15,25H,7-14H2. The number of nitriles is 1. The fraction of sp³-hybridized carbons (Fsp3) is 0.348. The van der Waals surface area contributed by atoms with E-state index in [-0.39, 0.29) is 17.5 Å². The van der Waals surface area contributed by atoms with Crippen LogP contribution in [0.5, 0.6) is 0 Å². The molecule has 2 aromatic rings. The van der Waals surface area contributed by atoms with Crippen LogP contribution in [0.2, 0.25) is 0 Å². The Hall–Kier alpha value is -3.97. The van der Waals surface area contributed by atoms with E-state index in [1.54, 1.807) is 46.2 Å². The Kier molecular flexibility index (Phi) is 6.51. The monoisotopic (exact) mass is 448 g/mol. The molecule has 0 radical (unpaired) electrons. The van der Waals surface area contributed by atoms with E-state index in [0.717, 1.165) is 0 Å². The van der Waals surface area contributed by atoms with E-state index in [1.807, 2.05) is 11.0 Å². The molecule has 0 saturated carbocycles. The SMILES string of the molecule is N#Cc1ccc(C(=O)N2CCN(c3ccc(C(=O)N4CCNCC4)cc3[N+](=O)[O-])CC2)cc1. The highest BCUT2D eigenvalue weighted by Gasteiger charge is 2.28. The van der Waals surface area contributed by atoms with Crippen LogP contribution < -0.4 is 10.2 Å². The summed E-state index contributed by atoms with van der Waals surface area (Å²) in [6.07, 6.45) is 0. The number of piperazine rings is 2. The summed E-state index contributed by atoms with van der Waals surface area (Å²) in [5, 5.41) is 23.9. The number of rotatable bonds is 4. The molecule has 0 unspecified atom stereocenters. The Balaban J connectivity index is 1.46. The van der Waals surface area contributed by atoms with Gasteiger partial charge in [0.25, 0.3) is 17.5 Å². The van der Waals surface area contributed by atoms with Crippen molar-refractivity contribution >= 4 is 23.2 Å². The van der Waals surface area contributed by atoms with Gasteiger partial charge in [-0.1, -0.05) is 0 Å². The van der Waals surface area contributed by atoms with Crippen LogP contribution in [0.3, 0.4) is 0 Å². The number of nitrogens with zero attached hydrogens (tertiary/aromatic N) is 5. The molecule has 2 aromatic carbocycles. The molecule has 2 fully saturated rings. The van der Waals surface area contributed by atoms with Gasteiger partial charge in [-0.15, -0.1) is 0 Å². The molecule has 0 bridgehead atoms. The van der Waals surface area contributed by atoms with Gasteiger partial charge < -0.3 is 20.0 Å². The topological polar surface area (TPSA) is 123 Å². The molecule has 4 rings (SSSR count). The third-order valence-corrected chi connectivity index (χ3v) is 5.99. The van der Waals surface area contributed by atoms with Crippen LogP contribution in [-0.4, -0.2) is 78.9 Å². The molecule has 10 heteroatoms. The number of hydrogen-bond donors (Lipinski definition) is 1. The van der Waals surface area contributed by atoms with E-state index in [0.29, 0.717) is 74.7 Å². The number of hydrogen-bond acceptors (Lipinski definition) is 7. The number of amides is 2. The lowest BCUT2D eigenvalue weighted by Crippen LogP contribution is -2.49. The normalized spacial score (nSPS) is 16.3. The molecule has 1 N–H and O–H groups in total. The maximum absolute atomic E-state index is 12.8. The summed E-state index contributed by atoms with van der Waals surface area (Å²) in [5.74, 6) is -0.338. The Bertz CT molecular complexity index is 1100. The summed E-state index contributed by atoms with van der Waals surface area (Å²) in [4.78, 5) is 42.1. The second-order valence-electron chi connectivity index (χ2n) is 7.97. The van der Waals surface area contributed by atoms with Crippen LogP contribution in [-0.2, 0) is 0 Å². The maximum Gasteiger partial charge on any atom is 0.293 e. The van der Waals surface area contributed by atoms with Gasteiger partial charge in [0.05, 0.1) is 16.6 Å². The van der Waals surface area contributed by atoms with Crippen molar-refractivity contribution in [1.29, 1.82) is 5.26 Å². The summed E-state index contributed by atoms with van der Waals surface area (Å²) in [6.45, 7) is 4.26. The highest BCUT2D eigenvalue weighted by atomic mass is 16.6. The van der Waals surface area contributed by atoms with Crippen molar-refractivity contribution in [3.8, 4) is 6.07 Å². The minimum absolute atomic E-state index is 0.108. The van der Waals surface area contributed by atoms with Crippen molar-refractivity contribution in [3.05, 3.63) is 69.3 Å². The van der Waals surface area contributed by atoms with Crippen LogP contribution in [0.1, 0.15) is 26.3 Å². The molecule has 0 aromatic heterocycles. The van der Waals surface area contributed by atoms with E-state index < -0.39 is 4.92 Å². The van der Waals surface area contributed by atoms with E-state index in [4.69, 9.17) is 5.26 Å². The number of nitrogens with one attached hydrogen (secondary N) is 1. The second kappa shape index (κ2) is 9.67. The summed E-state index contributed by atoms with van der Waals surface area (Å²) >= 11 is 0. The largest absolute Gasteiger partial charge is 0.362 e. The number of nitro groups is 1. The van der Waals surface area contributed by atoms with Crippen LogP contribution in [0.15, 0.2) is 42.5 Å². The summed E-state index contributed by atoms with van der Waals surface area (Å²) in [6, 6.07) is 13.1. The van der Waals surface area contributed by atoms with Gasteiger partial charge in [0.2, 0.25) is 0 Å². The first-order chi connectivity index (χ1) is 16.0. The average molecular weight is 448 g/mol. The fourth-order valence-corrected chi connectivity index (χ4v) is 4.14. The van der Waals surface area contributed by atoms with Crippen molar-refractivity contribution in [2.45, 2.75) is 0 Å². The first-order valence-corrected chi connectivity index (χ1v) is 10.8. The van der Waals surface area contributed by atoms with Gasteiger partial charge in [-0.25, -0.2) is 0 Å². The first-order valence-electron chi connectivity index (χ1n) is 10.8. The molecule has 33 heavy (non-hydrogen) atoms. The molecule has 10 nitrogen and oxygen atoms in total. The van der Waals surface area contributed by atoms with Crippen molar-refractivity contribution in [2.75, 3.05) is 57.3 Å². The van der Waals surface area contributed by atoms with Gasteiger partial charge in [0.1, 0.15) is 5.69 Å². The molecule has 170 valence electrons. The van der Waals surface area contributed by atoms with Gasteiger partial charge in [0.15, 0.2) is 0 Å². The smallest absolute Gasteiger partial charge is 0.293 e. The zero-order chi connectivity index (χ0) is 23.4. The maximum atomic E-state index is 12.8. The third kappa shape index (κ3) is 4.78. The lowest BCUT2D eigenvalue weighted by atomic mass is 10.1. The second-order valence-corrected chi connectivity index (χ2v) is 7.97. The Morgan fingerprint density at radius 1 is 0.879 bits per heavy atom. The van der Waals surface area contributed by atoms with Crippen molar-refractivity contribution in [1.82, 2.24) is 15.1 Å². The van der Waals surface area contributed by atoms with Crippen LogP contribution in [0, 0.1) is 21.4 Å². The molecule has 0 spiro atoms. The zero-order valence-corrected chi connectivity index (χ0v) is 18.1. The van der Waals surface area contributed by atoms with Crippen LogP contribution in [0.4, 0.5) is 11.4 Å². The fourth-order valence-electron chi connectivity index (χ4n) is 4.14. The first kappa shape index (κ1) is 22.2. The third-order valence-electron chi connectivity index (χ3n) is 5.99. The Morgan fingerprint density at radius 3 is 2.06 bits per heavy atom. The zero-order valence-electron chi connectivity index (χ0n) is 18.1. The Labute approximate surface area is 191 Å². The Morgan fingerprint density at radius 2 is 1.45 bits per heavy atom. The van der Waals surface area contributed by atoms with Crippen molar-refractivity contribution < 1.29 is 14.5 Å². The van der Waals surface area contributed by atoms with E-state index in [1.165, 1.54) is 6.07 Å². The van der Waals surface area contributed by atoms with Crippen LogP contribution >= 0.6 is 0 Å². The molecule has 2 heterocycles. The van der Waals surface area contributed by atoms with Gasteiger partial charge in [-0.05, 0) is 36.4 Å². The van der Waals surface area contributed by atoms with Gasteiger partial charge >= 0.3 is 0 Å². The highest BCUT2D eigenvalue weighted by Crippen LogP contribution is 2.31. The van der Waals surface area contributed by atoms with Crippen molar-refractivity contribution in [3.63, 3.8) is 0 Å². The minimum Gasteiger partial charge on any atom is -0.362 e. The number of carbonyl (C=O) groups excluding carboxylic acids is 2. The summed E-state index contributed by atoms with van der Waals surface area (Å²) in [5.41, 5.74) is 1.64. The molecule has 0 atom stereocenters. The molecule has 2 aliphatic heterocycles. The molecule has 2 amide bonds. The average Bonchev–Trinajstić information content (AvgIpc) is 2.88. The summed E-state index contributed by atoms with van der Waals surface area (Å²) in [7, 11) is 0. The lowest BCUT2D eigenvalue weighted by molar-refractivity contribution is -0.384. The number of carbonyl (C=O) groups is 2. The van der Waals surface area contributed by atoms with Crippen LogP contribution in [0.25, 0.3) is 0 Å². The van der Waals surface area contributed by atoms with Gasteiger partial charge in [-0.3, -0.25) is 19.7 Å². The van der Waals surface area contributed by atoms with E-state index in [9.17, 15) is 19.7 Å². The summed E-state index contributed by atoms with van der Waals surface area (Å²) < 4.78 is 0. The highest BCUT2D eigenvalue weighted by molar-refractivity contribution is 5.96. The number of anilines is 1. The number of nitro benzene ring substituents is 1. The predicted octanol–water partition coefficient (Wildman–Crippen LogP) is 1.47. The predicted molar refractivity (Wildman–Crippen MR) is 121 cm³/mol.